The van der Waals surface area contributed by atoms with Gasteiger partial charge < -0.3 is 5.32 Å². The van der Waals surface area contributed by atoms with Crippen molar-refractivity contribution in [2.24, 2.45) is 0 Å². The molecule has 0 radical (unpaired) electrons. The standard InChI is InChI=1S/C12H17NO2S/c1-9(2)16(14,15)11-6-4-10(5-7-11)12(3)8-13-12/h4-7,9,13H,8H2,1-3H3. The fourth-order valence-corrected chi connectivity index (χ4v) is 2.68. The zero-order valence-electron chi connectivity index (χ0n) is 9.82. The largest absolute Gasteiger partial charge is 0.304 e. The summed E-state index contributed by atoms with van der Waals surface area (Å²) >= 11 is 0. The van der Waals surface area contributed by atoms with E-state index in [9.17, 15) is 8.42 Å². The molecule has 1 aromatic carbocycles. The van der Waals surface area contributed by atoms with Crippen LogP contribution in [0.2, 0.25) is 0 Å². The molecule has 0 aromatic heterocycles. The summed E-state index contributed by atoms with van der Waals surface area (Å²) in [5.74, 6) is 0. The summed E-state index contributed by atoms with van der Waals surface area (Å²) in [7, 11) is -3.14. The topological polar surface area (TPSA) is 56.1 Å². The predicted molar refractivity (Wildman–Crippen MR) is 64.1 cm³/mol. The molecule has 1 aliphatic rings. The fourth-order valence-electron chi connectivity index (χ4n) is 1.62. The number of benzene rings is 1. The van der Waals surface area contributed by atoms with E-state index in [0.29, 0.717) is 4.90 Å². The Balaban J connectivity index is 2.33. The van der Waals surface area contributed by atoms with E-state index in [2.05, 4.69) is 12.2 Å². The first-order valence-corrected chi connectivity index (χ1v) is 7.00. The molecule has 0 amide bonds. The Bertz CT molecular complexity index is 484. The first-order chi connectivity index (χ1) is 7.36. The van der Waals surface area contributed by atoms with Crippen LogP contribution in [0.1, 0.15) is 26.3 Å². The summed E-state index contributed by atoms with van der Waals surface area (Å²) in [4.78, 5) is 0.413. The number of nitrogens with one attached hydrogen (secondary N) is 1. The average Bonchev–Trinajstić information content (AvgIpc) is 2.98. The molecule has 88 valence electrons. The lowest BCUT2D eigenvalue weighted by Crippen LogP contribution is -2.14. The van der Waals surface area contributed by atoms with Crippen LogP contribution < -0.4 is 5.32 Å². The van der Waals surface area contributed by atoms with Crippen molar-refractivity contribution in [1.82, 2.24) is 5.32 Å². The molecule has 1 saturated heterocycles. The lowest BCUT2D eigenvalue weighted by atomic mass is 10.0. The van der Waals surface area contributed by atoms with Crippen molar-refractivity contribution in [2.75, 3.05) is 6.54 Å². The van der Waals surface area contributed by atoms with Crippen LogP contribution in [0.15, 0.2) is 29.2 Å². The highest BCUT2D eigenvalue weighted by Gasteiger charge is 2.38. The smallest absolute Gasteiger partial charge is 0.180 e. The van der Waals surface area contributed by atoms with Crippen LogP contribution in [0.5, 0.6) is 0 Å². The summed E-state index contributed by atoms with van der Waals surface area (Å²) < 4.78 is 23.8. The molecule has 0 spiro atoms. The summed E-state index contributed by atoms with van der Waals surface area (Å²) in [5, 5.41) is 2.89. The number of hydrogen-bond donors (Lipinski definition) is 1. The van der Waals surface area contributed by atoms with Gasteiger partial charge in [-0.1, -0.05) is 12.1 Å². The molecular formula is C12H17NO2S. The Morgan fingerprint density at radius 3 is 2.12 bits per heavy atom. The van der Waals surface area contributed by atoms with Gasteiger partial charge in [-0.15, -0.1) is 0 Å². The zero-order chi connectivity index (χ0) is 12.0. The molecule has 1 unspecified atom stereocenters. The van der Waals surface area contributed by atoms with Crippen molar-refractivity contribution in [3.05, 3.63) is 29.8 Å². The van der Waals surface area contributed by atoms with Gasteiger partial charge in [0.05, 0.1) is 15.7 Å². The van der Waals surface area contributed by atoms with E-state index < -0.39 is 9.84 Å². The van der Waals surface area contributed by atoms with Crippen molar-refractivity contribution in [3.8, 4) is 0 Å². The summed E-state index contributed by atoms with van der Waals surface area (Å²) in [6.45, 7) is 6.47. The van der Waals surface area contributed by atoms with E-state index in [1.807, 2.05) is 12.1 Å². The van der Waals surface area contributed by atoms with Crippen molar-refractivity contribution in [3.63, 3.8) is 0 Å². The maximum absolute atomic E-state index is 11.9. The van der Waals surface area contributed by atoms with Gasteiger partial charge >= 0.3 is 0 Å². The van der Waals surface area contributed by atoms with Crippen LogP contribution in [0, 0.1) is 0 Å². The van der Waals surface area contributed by atoms with Gasteiger partial charge in [-0.2, -0.15) is 0 Å². The van der Waals surface area contributed by atoms with E-state index in [-0.39, 0.29) is 10.8 Å². The van der Waals surface area contributed by atoms with Crippen LogP contribution in [-0.2, 0) is 15.4 Å². The fraction of sp³-hybridized carbons (Fsp3) is 0.500. The van der Waals surface area contributed by atoms with Gasteiger partial charge in [0, 0.05) is 6.54 Å². The van der Waals surface area contributed by atoms with Gasteiger partial charge in [0.2, 0.25) is 0 Å². The van der Waals surface area contributed by atoms with Gasteiger partial charge in [0.15, 0.2) is 9.84 Å². The molecule has 1 heterocycles. The van der Waals surface area contributed by atoms with E-state index in [1.54, 1.807) is 26.0 Å². The summed E-state index contributed by atoms with van der Waals surface area (Å²) in [6.07, 6.45) is 0. The minimum atomic E-state index is -3.14. The third-order valence-corrected chi connectivity index (χ3v) is 5.32. The molecule has 2 rings (SSSR count). The molecule has 0 bridgehead atoms. The zero-order valence-corrected chi connectivity index (χ0v) is 10.6. The van der Waals surface area contributed by atoms with E-state index in [4.69, 9.17) is 0 Å². The highest BCUT2D eigenvalue weighted by molar-refractivity contribution is 7.92. The first kappa shape index (κ1) is 11.6. The summed E-state index contributed by atoms with van der Waals surface area (Å²) in [5.41, 5.74) is 1.20. The average molecular weight is 239 g/mol. The van der Waals surface area contributed by atoms with Gasteiger partial charge in [0.25, 0.3) is 0 Å². The Labute approximate surface area is 96.8 Å². The lowest BCUT2D eigenvalue weighted by molar-refractivity contribution is 0.587. The number of hydrogen-bond acceptors (Lipinski definition) is 3. The normalized spacial score (nSPS) is 24.8. The quantitative estimate of drug-likeness (QED) is 0.817. The Hall–Kier alpha value is -0.870. The van der Waals surface area contributed by atoms with Gasteiger partial charge in [-0.05, 0) is 38.5 Å². The van der Waals surface area contributed by atoms with Crippen molar-refractivity contribution < 1.29 is 8.42 Å². The van der Waals surface area contributed by atoms with Crippen LogP contribution in [0.25, 0.3) is 0 Å². The predicted octanol–water partition coefficient (Wildman–Crippen LogP) is 1.69. The third kappa shape index (κ3) is 1.87. The molecule has 16 heavy (non-hydrogen) atoms. The van der Waals surface area contributed by atoms with Gasteiger partial charge in [0.1, 0.15) is 0 Å². The van der Waals surface area contributed by atoms with Gasteiger partial charge in [-0.3, -0.25) is 0 Å². The van der Waals surface area contributed by atoms with Crippen LogP contribution in [0.4, 0.5) is 0 Å². The van der Waals surface area contributed by atoms with Crippen LogP contribution in [0.3, 0.4) is 0 Å². The first-order valence-electron chi connectivity index (χ1n) is 5.46. The Morgan fingerprint density at radius 2 is 1.75 bits per heavy atom. The number of sulfone groups is 1. The second-order valence-corrected chi connectivity index (χ2v) is 7.31. The number of rotatable bonds is 3. The monoisotopic (exact) mass is 239 g/mol. The second kappa shape index (κ2) is 3.57. The minimum absolute atomic E-state index is 0.0557. The van der Waals surface area contributed by atoms with Crippen molar-refractivity contribution in [1.29, 1.82) is 0 Å². The minimum Gasteiger partial charge on any atom is -0.304 e. The van der Waals surface area contributed by atoms with E-state index in [0.717, 1.165) is 12.1 Å². The molecule has 1 aliphatic heterocycles. The molecule has 0 aliphatic carbocycles. The Kier molecular flexibility index (Phi) is 2.59. The van der Waals surface area contributed by atoms with Crippen LogP contribution in [-0.4, -0.2) is 20.2 Å². The molecular weight excluding hydrogens is 222 g/mol. The molecule has 1 aromatic rings. The highest BCUT2D eigenvalue weighted by Crippen LogP contribution is 2.30. The van der Waals surface area contributed by atoms with Crippen molar-refractivity contribution >= 4 is 9.84 Å². The van der Waals surface area contributed by atoms with Gasteiger partial charge in [-0.25, -0.2) is 8.42 Å². The molecule has 0 saturated carbocycles. The molecule has 1 fully saturated rings. The van der Waals surface area contributed by atoms with E-state index >= 15 is 0 Å². The SMILES string of the molecule is CC(C)S(=O)(=O)c1ccc(C2(C)CN2)cc1. The molecule has 4 heteroatoms. The maximum atomic E-state index is 11.9. The lowest BCUT2D eigenvalue weighted by Gasteiger charge is -2.10. The summed E-state index contributed by atoms with van der Waals surface area (Å²) in [6, 6.07) is 7.20. The Morgan fingerprint density at radius 1 is 1.25 bits per heavy atom. The molecule has 3 nitrogen and oxygen atoms in total. The van der Waals surface area contributed by atoms with Crippen molar-refractivity contribution in [2.45, 2.75) is 36.5 Å². The third-order valence-electron chi connectivity index (χ3n) is 3.15. The maximum Gasteiger partial charge on any atom is 0.180 e. The van der Waals surface area contributed by atoms with Crippen LogP contribution >= 0.6 is 0 Å². The molecule has 1 N–H and O–H groups in total. The molecule has 1 atom stereocenters. The highest BCUT2D eigenvalue weighted by atomic mass is 32.2. The van der Waals surface area contributed by atoms with E-state index in [1.165, 1.54) is 0 Å². The second-order valence-electron chi connectivity index (χ2n) is 4.80.